The summed E-state index contributed by atoms with van der Waals surface area (Å²) >= 11 is 0. The van der Waals surface area contributed by atoms with Gasteiger partial charge in [-0.15, -0.1) is 0 Å². The summed E-state index contributed by atoms with van der Waals surface area (Å²) in [6.45, 7) is 5.30. The normalized spacial score (nSPS) is 9.94. The van der Waals surface area contributed by atoms with Gasteiger partial charge in [-0.25, -0.2) is 4.79 Å². The zero-order valence-electron chi connectivity index (χ0n) is 9.44. The molecule has 1 rings (SSSR count). The van der Waals surface area contributed by atoms with Crippen LogP contribution in [0, 0.1) is 24.0 Å². The van der Waals surface area contributed by atoms with E-state index in [-0.39, 0.29) is 17.9 Å². The summed E-state index contributed by atoms with van der Waals surface area (Å²) in [5.41, 5.74) is 1.41. The van der Waals surface area contributed by atoms with Crippen LogP contribution in [0.15, 0.2) is 12.1 Å². The van der Waals surface area contributed by atoms with Crippen molar-refractivity contribution in [2.45, 2.75) is 20.8 Å². The highest BCUT2D eigenvalue weighted by Crippen LogP contribution is 2.23. The minimum absolute atomic E-state index is 0.0614. The van der Waals surface area contributed by atoms with Crippen molar-refractivity contribution in [2.75, 3.05) is 6.61 Å². The molecule has 0 N–H and O–H groups in total. The van der Waals surface area contributed by atoms with Crippen molar-refractivity contribution in [2.24, 2.45) is 0 Å². The maximum atomic E-state index is 11.5. The first-order valence-electron chi connectivity index (χ1n) is 4.90. The van der Waals surface area contributed by atoms with Gasteiger partial charge in [-0.05, 0) is 32.4 Å². The van der Waals surface area contributed by atoms with E-state index in [1.807, 2.05) is 0 Å². The molecule has 0 aliphatic carbocycles. The van der Waals surface area contributed by atoms with Crippen molar-refractivity contribution in [3.05, 3.63) is 38.9 Å². The number of nitrogens with zero attached hydrogens (tertiary/aromatic N) is 1. The van der Waals surface area contributed by atoms with Gasteiger partial charge >= 0.3 is 5.97 Å². The van der Waals surface area contributed by atoms with Crippen molar-refractivity contribution < 1.29 is 14.5 Å². The number of hydrogen-bond donors (Lipinski definition) is 0. The lowest BCUT2D eigenvalue weighted by Crippen LogP contribution is -2.08. The molecule has 0 saturated carbocycles. The van der Waals surface area contributed by atoms with Crippen LogP contribution in [0.2, 0.25) is 0 Å². The molecule has 0 atom stereocenters. The monoisotopic (exact) mass is 223 g/mol. The maximum absolute atomic E-state index is 11.5. The highest BCUT2D eigenvalue weighted by molar-refractivity contribution is 5.92. The molecule has 86 valence electrons. The molecule has 0 aliphatic heterocycles. The van der Waals surface area contributed by atoms with Gasteiger partial charge in [-0.2, -0.15) is 0 Å². The van der Waals surface area contributed by atoms with E-state index in [4.69, 9.17) is 4.74 Å². The third-order valence-corrected chi connectivity index (χ3v) is 2.23. The summed E-state index contributed by atoms with van der Waals surface area (Å²) in [7, 11) is 0. The third-order valence-electron chi connectivity index (χ3n) is 2.23. The van der Waals surface area contributed by atoms with E-state index in [1.165, 1.54) is 6.07 Å². The van der Waals surface area contributed by atoms with Crippen molar-refractivity contribution in [1.29, 1.82) is 0 Å². The van der Waals surface area contributed by atoms with Gasteiger partial charge in [-0.1, -0.05) is 0 Å². The Bertz CT molecular complexity index is 440. The quantitative estimate of drug-likeness (QED) is 0.448. The highest BCUT2D eigenvalue weighted by atomic mass is 16.6. The molecule has 0 aliphatic rings. The van der Waals surface area contributed by atoms with Crippen molar-refractivity contribution in [3.63, 3.8) is 0 Å². The van der Waals surface area contributed by atoms with Crippen LogP contribution in [0.1, 0.15) is 28.4 Å². The number of esters is 1. The van der Waals surface area contributed by atoms with Gasteiger partial charge in [0, 0.05) is 11.6 Å². The largest absolute Gasteiger partial charge is 0.462 e. The molecule has 0 amide bonds. The maximum Gasteiger partial charge on any atom is 0.338 e. The van der Waals surface area contributed by atoms with E-state index in [0.717, 1.165) is 0 Å². The van der Waals surface area contributed by atoms with E-state index in [2.05, 4.69) is 0 Å². The lowest BCUT2D eigenvalue weighted by atomic mass is 10.0. The Morgan fingerprint density at radius 3 is 2.50 bits per heavy atom. The first-order chi connectivity index (χ1) is 7.47. The van der Waals surface area contributed by atoms with E-state index in [0.29, 0.717) is 11.1 Å². The number of carbonyl (C=O) groups is 1. The second kappa shape index (κ2) is 4.74. The van der Waals surface area contributed by atoms with Gasteiger partial charge in [0.15, 0.2) is 0 Å². The first-order valence-corrected chi connectivity index (χ1v) is 4.90. The fourth-order valence-corrected chi connectivity index (χ4v) is 1.47. The van der Waals surface area contributed by atoms with Gasteiger partial charge in [0.2, 0.25) is 0 Å². The van der Waals surface area contributed by atoms with Gasteiger partial charge < -0.3 is 4.74 Å². The molecule has 0 saturated heterocycles. The number of ether oxygens (including phenoxy) is 1. The van der Waals surface area contributed by atoms with E-state index in [1.54, 1.807) is 26.8 Å². The van der Waals surface area contributed by atoms with Crippen molar-refractivity contribution in [3.8, 4) is 0 Å². The summed E-state index contributed by atoms with van der Waals surface area (Å²) in [6.07, 6.45) is 0. The Kier molecular flexibility index (Phi) is 3.60. The van der Waals surface area contributed by atoms with E-state index in [9.17, 15) is 14.9 Å². The molecule has 5 nitrogen and oxygen atoms in total. The lowest BCUT2D eigenvalue weighted by Gasteiger charge is -2.06. The summed E-state index contributed by atoms with van der Waals surface area (Å²) < 4.78 is 4.82. The number of aryl methyl sites for hydroxylation is 2. The van der Waals surface area contributed by atoms with Crippen molar-refractivity contribution in [1.82, 2.24) is 0 Å². The third kappa shape index (κ3) is 2.36. The second-order valence-corrected chi connectivity index (χ2v) is 3.43. The summed E-state index contributed by atoms with van der Waals surface area (Å²) in [5, 5.41) is 10.7. The standard InChI is InChI=1S/C11H13NO4/c1-4-16-11(13)9-6-10(12(14)15)8(3)5-7(9)2/h5-6H,4H2,1-3H3. The number of benzene rings is 1. The van der Waals surface area contributed by atoms with Crippen LogP contribution in [0.25, 0.3) is 0 Å². The SMILES string of the molecule is CCOC(=O)c1cc([N+](=O)[O-])c(C)cc1C. The summed E-state index contributed by atoms with van der Waals surface area (Å²) in [4.78, 5) is 21.7. The van der Waals surface area contributed by atoms with Crippen LogP contribution >= 0.6 is 0 Å². The molecule has 1 aromatic carbocycles. The van der Waals surface area contributed by atoms with Crippen LogP contribution in [0.4, 0.5) is 5.69 Å². The molecule has 0 unspecified atom stereocenters. The predicted molar refractivity (Wildman–Crippen MR) is 58.5 cm³/mol. The average molecular weight is 223 g/mol. The molecule has 0 spiro atoms. The fourth-order valence-electron chi connectivity index (χ4n) is 1.47. The molecule has 0 heterocycles. The minimum atomic E-state index is -0.525. The number of nitro benzene ring substituents is 1. The number of rotatable bonds is 3. The number of nitro groups is 1. The number of carbonyl (C=O) groups excluding carboxylic acids is 1. The van der Waals surface area contributed by atoms with Gasteiger partial charge in [0.25, 0.3) is 5.69 Å². The average Bonchev–Trinajstić information content (AvgIpc) is 2.17. The molecule has 16 heavy (non-hydrogen) atoms. The second-order valence-electron chi connectivity index (χ2n) is 3.43. The smallest absolute Gasteiger partial charge is 0.338 e. The van der Waals surface area contributed by atoms with Crippen LogP contribution in [0.5, 0.6) is 0 Å². The van der Waals surface area contributed by atoms with E-state index >= 15 is 0 Å². The predicted octanol–water partition coefficient (Wildman–Crippen LogP) is 2.39. The number of hydrogen-bond acceptors (Lipinski definition) is 4. The Labute approximate surface area is 93.2 Å². The van der Waals surface area contributed by atoms with Crippen LogP contribution in [-0.2, 0) is 4.74 Å². The van der Waals surface area contributed by atoms with Crippen molar-refractivity contribution >= 4 is 11.7 Å². The molecule has 0 bridgehead atoms. The lowest BCUT2D eigenvalue weighted by molar-refractivity contribution is -0.385. The van der Waals surface area contributed by atoms with E-state index < -0.39 is 10.9 Å². The topological polar surface area (TPSA) is 69.4 Å². The zero-order valence-corrected chi connectivity index (χ0v) is 9.44. The Morgan fingerprint density at radius 2 is 2.00 bits per heavy atom. The van der Waals surface area contributed by atoms with Crippen LogP contribution in [-0.4, -0.2) is 17.5 Å². The molecule has 0 fully saturated rings. The van der Waals surface area contributed by atoms with Gasteiger partial charge in [0.1, 0.15) is 0 Å². The zero-order chi connectivity index (χ0) is 12.3. The fraction of sp³-hybridized carbons (Fsp3) is 0.364. The molecule has 5 heteroatoms. The van der Waals surface area contributed by atoms with Gasteiger partial charge in [0.05, 0.1) is 17.1 Å². The van der Waals surface area contributed by atoms with Crippen LogP contribution < -0.4 is 0 Å². The summed E-state index contributed by atoms with van der Waals surface area (Å²) in [6, 6.07) is 2.88. The van der Waals surface area contributed by atoms with Crippen LogP contribution in [0.3, 0.4) is 0 Å². The summed E-state index contributed by atoms with van der Waals surface area (Å²) in [5.74, 6) is -0.525. The highest BCUT2D eigenvalue weighted by Gasteiger charge is 2.18. The molecule has 0 aromatic heterocycles. The molecule has 1 aromatic rings. The molecule has 0 radical (unpaired) electrons. The Hall–Kier alpha value is -1.91. The Morgan fingerprint density at radius 1 is 1.38 bits per heavy atom. The first kappa shape index (κ1) is 12.2. The Balaban J connectivity index is 3.24. The molecular formula is C11H13NO4. The minimum Gasteiger partial charge on any atom is -0.462 e. The van der Waals surface area contributed by atoms with Gasteiger partial charge in [-0.3, -0.25) is 10.1 Å². The molecular weight excluding hydrogens is 210 g/mol.